The van der Waals surface area contributed by atoms with Gasteiger partial charge < -0.3 is 4.74 Å². The van der Waals surface area contributed by atoms with E-state index >= 15 is 0 Å². The third-order valence-electron chi connectivity index (χ3n) is 2.87. The lowest BCUT2D eigenvalue weighted by Crippen LogP contribution is -2.01. The molecule has 2 aromatic rings. The minimum absolute atomic E-state index is 0.158. The van der Waals surface area contributed by atoms with Gasteiger partial charge in [-0.25, -0.2) is 9.97 Å². The Balaban J connectivity index is 2.20. The zero-order valence-corrected chi connectivity index (χ0v) is 13.1. The van der Waals surface area contributed by atoms with Crippen molar-refractivity contribution in [2.45, 2.75) is 18.2 Å². The molecule has 2 rings (SSSR count). The van der Waals surface area contributed by atoms with Crippen LogP contribution < -0.4 is 4.74 Å². The summed E-state index contributed by atoms with van der Waals surface area (Å²) in [4.78, 5) is 8.41. The average Bonchev–Trinajstić information content (AvgIpc) is 2.41. The summed E-state index contributed by atoms with van der Waals surface area (Å²) >= 11 is 9.74. The fourth-order valence-electron chi connectivity index (χ4n) is 1.84. The van der Waals surface area contributed by atoms with Crippen molar-refractivity contribution in [2.75, 3.05) is 7.11 Å². The second kappa shape index (κ2) is 6.35. The highest BCUT2D eigenvalue weighted by Crippen LogP contribution is 2.31. The van der Waals surface area contributed by atoms with E-state index in [-0.39, 0.29) is 4.83 Å². The van der Waals surface area contributed by atoms with Crippen molar-refractivity contribution in [1.82, 2.24) is 9.97 Å². The first-order valence-corrected chi connectivity index (χ1v) is 7.14. The number of rotatable bonds is 4. The Morgan fingerprint density at radius 3 is 2.84 bits per heavy atom. The van der Waals surface area contributed by atoms with Crippen molar-refractivity contribution in [3.05, 3.63) is 52.4 Å². The quantitative estimate of drug-likeness (QED) is 0.784. The lowest BCUT2D eigenvalue weighted by molar-refractivity contribution is 0.396. The smallest absolute Gasteiger partial charge is 0.216 e. The zero-order chi connectivity index (χ0) is 13.8. The summed E-state index contributed by atoms with van der Waals surface area (Å²) < 4.78 is 5.10. The van der Waals surface area contributed by atoms with Crippen LogP contribution in [0.15, 0.2) is 30.6 Å². The van der Waals surface area contributed by atoms with Gasteiger partial charge >= 0.3 is 0 Å². The van der Waals surface area contributed by atoms with Crippen molar-refractivity contribution < 1.29 is 4.74 Å². The van der Waals surface area contributed by atoms with Gasteiger partial charge in [0.1, 0.15) is 6.33 Å². The zero-order valence-electron chi connectivity index (χ0n) is 10.7. The molecule has 0 bridgehead atoms. The van der Waals surface area contributed by atoms with Gasteiger partial charge in [-0.3, -0.25) is 0 Å². The van der Waals surface area contributed by atoms with Gasteiger partial charge in [-0.05, 0) is 30.2 Å². The standard InChI is InChI=1S/C14H14BrClN2O/c1-9-3-4-10(16)5-12(9)13(15)6-11-7-14(19-2)18-8-17-11/h3-5,7-8,13H,6H2,1-2H3. The molecule has 1 heterocycles. The molecular weight excluding hydrogens is 328 g/mol. The summed E-state index contributed by atoms with van der Waals surface area (Å²) in [5.41, 5.74) is 3.30. The van der Waals surface area contributed by atoms with Crippen LogP contribution in [-0.2, 0) is 6.42 Å². The minimum atomic E-state index is 0.158. The number of aromatic nitrogens is 2. The molecule has 0 aliphatic carbocycles. The topological polar surface area (TPSA) is 35.0 Å². The van der Waals surface area contributed by atoms with Crippen LogP contribution in [0, 0.1) is 6.92 Å². The van der Waals surface area contributed by atoms with Crippen molar-refractivity contribution in [1.29, 1.82) is 0 Å². The average molecular weight is 342 g/mol. The van der Waals surface area contributed by atoms with Crippen LogP contribution in [0.2, 0.25) is 5.02 Å². The first-order valence-electron chi connectivity index (χ1n) is 5.85. The van der Waals surface area contributed by atoms with E-state index in [0.29, 0.717) is 5.88 Å². The molecule has 5 heteroatoms. The van der Waals surface area contributed by atoms with Gasteiger partial charge in [0.05, 0.1) is 7.11 Å². The van der Waals surface area contributed by atoms with Crippen molar-refractivity contribution in [3.8, 4) is 5.88 Å². The fourth-order valence-corrected chi connectivity index (χ4v) is 2.85. The minimum Gasteiger partial charge on any atom is -0.481 e. The van der Waals surface area contributed by atoms with Gasteiger partial charge in [0, 0.05) is 28.0 Å². The summed E-state index contributed by atoms with van der Waals surface area (Å²) in [6.07, 6.45) is 2.26. The molecule has 100 valence electrons. The Morgan fingerprint density at radius 2 is 2.11 bits per heavy atom. The van der Waals surface area contributed by atoms with E-state index in [1.54, 1.807) is 7.11 Å². The van der Waals surface area contributed by atoms with Crippen LogP contribution in [0.1, 0.15) is 21.6 Å². The Labute approximate surface area is 126 Å². The molecule has 1 aromatic carbocycles. The monoisotopic (exact) mass is 340 g/mol. The number of aryl methyl sites for hydroxylation is 1. The molecule has 1 atom stereocenters. The number of methoxy groups -OCH3 is 1. The number of alkyl halides is 1. The van der Waals surface area contributed by atoms with Crippen LogP contribution in [0.5, 0.6) is 5.88 Å². The van der Waals surface area contributed by atoms with E-state index in [1.165, 1.54) is 17.5 Å². The molecule has 3 nitrogen and oxygen atoms in total. The summed E-state index contributed by atoms with van der Waals surface area (Å²) in [6, 6.07) is 7.74. The maximum atomic E-state index is 6.05. The third kappa shape index (κ3) is 3.67. The number of nitrogens with zero attached hydrogens (tertiary/aromatic N) is 2. The van der Waals surface area contributed by atoms with Gasteiger partial charge in [0.2, 0.25) is 5.88 Å². The molecule has 0 saturated heterocycles. The maximum absolute atomic E-state index is 6.05. The molecule has 0 fully saturated rings. The lowest BCUT2D eigenvalue weighted by atomic mass is 10.0. The van der Waals surface area contributed by atoms with Crippen LogP contribution in [0.25, 0.3) is 0 Å². The largest absolute Gasteiger partial charge is 0.481 e. The molecule has 0 aliphatic heterocycles. The van der Waals surface area contributed by atoms with E-state index in [2.05, 4.69) is 32.8 Å². The first kappa shape index (κ1) is 14.3. The molecule has 19 heavy (non-hydrogen) atoms. The van der Waals surface area contributed by atoms with Crippen LogP contribution in [0.4, 0.5) is 0 Å². The van der Waals surface area contributed by atoms with Gasteiger partial charge in [-0.2, -0.15) is 0 Å². The summed E-state index contributed by atoms with van der Waals surface area (Å²) in [5.74, 6) is 0.576. The number of hydrogen-bond donors (Lipinski definition) is 0. The van der Waals surface area contributed by atoms with Gasteiger partial charge in [-0.15, -0.1) is 0 Å². The number of benzene rings is 1. The van der Waals surface area contributed by atoms with Crippen LogP contribution in [-0.4, -0.2) is 17.1 Å². The van der Waals surface area contributed by atoms with Crippen LogP contribution in [0.3, 0.4) is 0 Å². The predicted molar refractivity (Wildman–Crippen MR) is 80.1 cm³/mol. The number of ether oxygens (including phenoxy) is 1. The molecule has 0 radical (unpaired) electrons. The van der Waals surface area contributed by atoms with E-state index in [9.17, 15) is 0 Å². The van der Waals surface area contributed by atoms with E-state index < -0.39 is 0 Å². The first-order chi connectivity index (χ1) is 9.10. The van der Waals surface area contributed by atoms with E-state index in [0.717, 1.165) is 17.1 Å². The van der Waals surface area contributed by atoms with E-state index in [4.69, 9.17) is 16.3 Å². The lowest BCUT2D eigenvalue weighted by Gasteiger charge is -2.13. The highest BCUT2D eigenvalue weighted by Gasteiger charge is 2.13. The molecule has 1 aromatic heterocycles. The number of halogens is 2. The second-order valence-corrected chi connectivity index (χ2v) is 5.77. The fraction of sp³-hybridized carbons (Fsp3) is 0.286. The summed E-state index contributed by atoms with van der Waals surface area (Å²) in [7, 11) is 1.60. The summed E-state index contributed by atoms with van der Waals surface area (Å²) in [5, 5.41) is 0.741. The normalized spacial score (nSPS) is 12.2. The molecule has 0 aliphatic rings. The third-order valence-corrected chi connectivity index (χ3v) is 3.93. The molecule has 1 unspecified atom stereocenters. The van der Waals surface area contributed by atoms with Crippen molar-refractivity contribution in [3.63, 3.8) is 0 Å². The van der Waals surface area contributed by atoms with Gasteiger partial charge in [-0.1, -0.05) is 33.6 Å². The van der Waals surface area contributed by atoms with E-state index in [1.807, 2.05) is 24.3 Å². The van der Waals surface area contributed by atoms with Crippen LogP contribution >= 0.6 is 27.5 Å². The van der Waals surface area contributed by atoms with Gasteiger partial charge in [0.25, 0.3) is 0 Å². The second-order valence-electron chi connectivity index (χ2n) is 4.22. The highest BCUT2D eigenvalue weighted by molar-refractivity contribution is 9.09. The Morgan fingerprint density at radius 1 is 1.32 bits per heavy atom. The molecular formula is C14H14BrClN2O. The predicted octanol–water partition coefficient (Wildman–Crippen LogP) is 4.13. The Bertz CT molecular complexity index is 577. The Kier molecular flexibility index (Phi) is 4.77. The van der Waals surface area contributed by atoms with Crippen molar-refractivity contribution >= 4 is 27.5 Å². The highest BCUT2D eigenvalue weighted by atomic mass is 79.9. The van der Waals surface area contributed by atoms with Gasteiger partial charge in [0.15, 0.2) is 0 Å². The Hall–Kier alpha value is -1.13. The molecule has 0 N–H and O–H groups in total. The van der Waals surface area contributed by atoms with Crippen molar-refractivity contribution in [2.24, 2.45) is 0 Å². The molecule has 0 saturated carbocycles. The number of hydrogen-bond acceptors (Lipinski definition) is 3. The SMILES string of the molecule is COc1cc(CC(Br)c2cc(Cl)ccc2C)ncn1. The molecule has 0 spiro atoms. The molecule has 0 amide bonds. The summed E-state index contributed by atoms with van der Waals surface area (Å²) in [6.45, 7) is 2.07. The maximum Gasteiger partial charge on any atom is 0.216 e.